The van der Waals surface area contributed by atoms with Gasteiger partial charge in [-0.3, -0.25) is 4.79 Å². The largest absolute Gasteiger partial charge is 0.508 e. The molecule has 1 aromatic heterocycles. The molecule has 0 spiro atoms. The van der Waals surface area contributed by atoms with Crippen molar-refractivity contribution in [3.05, 3.63) is 53.9 Å². The predicted octanol–water partition coefficient (Wildman–Crippen LogP) is 2.43. The minimum Gasteiger partial charge on any atom is -0.508 e. The molecule has 0 fully saturated rings. The Morgan fingerprint density at radius 1 is 1.11 bits per heavy atom. The first-order chi connectivity index (χ1) is 13.1. The highest BCUT2D eigenvalue weighted by Gasteiger charge is 2.17. The Morgan fingerprint density at radius 2 is 1.85 bits per heavy atom. The molecule has 0 radical (unpaired) electrons. The van der Waals surface area contributed by atoms with Crippen LogP contribution < -0.4 is 14.8 Å². The van der Waals surface area contributed by atoms with Gasteiger partial charge in [0.1, 0.15) is 5.75 Å². The van der Waals surface area contributed by atoms with E-state index < -0.39 is 5.91 Å². The molecule has 8 nitrogen and oxygen atoms in total. The third kappa shape index (κ3) is 4.35. The molecule has 0 unspecified atom stereocenters. The van der Waals surface area contributed by atoms with Crippen molar-refractivity contribution >= 4 is 5.91 Å². The number of hydrogen-bond donors (Lipinski definition) is 2. The standard InChI is InChI=1S/C19H19N3O5/c1-25-15-8-5-13(11-16(15)26-2)17-21-19(27-22-17)18(24)20-10-9-12-3-6-14(23)7-4-12/h3-8,11,23H,9-10H2,1-2H3,(H,20,24). The van der Waals surface area contributed by atoms with Gasteiger partial charge in [0.15, 0.2) is 11.5 Å². The average Bonchev–Trinajstić information content (AvgIpc) is 3.19. The molecule has 3 aromatic rings. The molecule has 0 aliphatic rings. The van der Waals surface area contributed by atoms with E-state index in [4.69, 9.17) is 14.0 Å². The molecule has 2 N–H and O–H groups in total. The summed E-state index contributed by atoms with van der Waals surface area (Å²) in [5.74, 6) is 1.02. The van der Waals surface area contributed by atoms with Crippen LogP contribution in [0.3, 0.4) is 0 Å². The van der Waals surface area contributed by atoms with Gasteiger partial charge in [0.2, 0.25) is 5.82 Å². The van der Waals surface area contributed by atoms with Gasteiger partial charge in [-0.25, -0.2) is 0 Å². The van der Waals surface area contributed by atoms with E-state index >= 15 is 0 Å². The lowest BCUT2D eigenvalue weighted by Gasteiger charge is -2.07. The van der Waals surface area contributed by atoms with Crippen molar-refractivity contribution in [2.45, 2.75) is 6.42 Å². The molecular formula is C19H19N3O5. The lowest BCUT2D eigenvalue weighted by molar-refractivity contribution is 0.0910. The number of nitrogens with zero attached hydrogens (tertiary/aromatic N) is 2. The van der Waals surface area contributed by atoms with Crippen molar-refractivity contribution < 1.29 is 23.9 Å². The van der Waals surface area contributed by atoms with Gasteiger partial charge in [-0.15, -0.1) is 0 Å². The van der Waals surface area contributed by atoms with Crippen LogP contribution in [0.15, 0.2) is 47.0 Å². The summed E-state index contributed by atoms with van der Waals surface area (Å²) in [6.45, 7) is 0.400. The lowest BCUT2D eigenvalue weighted by atomic mass is 10.1. The highest BCUT2D eigenvalue weighted by Crippen LogP contribution is 2.31. The topological polar surface area (TPSA) is 107 Å². The molecule has 0 aliphatic carbocycles. The molecule has 3 rings (SSSR count). The fraction of sp³-hybridized carbons (Fsp3) is 0.211. The number of aromatic nitrogens is 2. The van der Waals surface area contributed by atoms with E-state index in [0.29, 0.717) is 30.0 Å². The van der Waals surface area contributed by atoms with Crippen molar-refractivity contribution in [3.63, 3.8) is 0 Å². The second-order valence-corrected chi connectivity index (χ2v) is 5.67. The Bertz CT molecular complexity index is 921. The molecule has 140 valence electrons. The van der Waals surface area contributed by atoms with E-state index in [2.05, 4.69) is 15.5 Å². The molecule has 0 bridgehead atoms. The predicted molar refractivity (Wildman–Crippen MR) is 97.0 cm³/mol. The van der Waals surface area contributed by atoms with Crippen LogP contribution in [0.25, 0.3) is 11.4 Å². The van der Waals surface area contributed by atoms with E-state index in [1.807, 2.05) is 0 Å². The molecule has 1 heterocycles. The van der Waals surface area contributed by atoms with Crippen LogP contribution in [0.1, 0.15) is 16.2 Å². The monoisotopic (exact) mass is 369 g/mol. The van der Waals surface area contributed by atoms with Gasteiger partial charge >= 0.3 is 11.8 Å². The van der Waals surface area contributed by atoms with Crippen molar-refractivity contribution in [2.24, 2.45) is 0 Å². The van der Waals surface area contributed by atoms with Crippen molar-refractivity contribution in [1.29, 1.82) is 0 Å². The summed E-state index contributed by atoms with van der Waals surface area (Å²) in [4.78, 5) is 16.3. The molecule has 0 saturated heterocycles. The first-order valence-electron chi connectivity index (χ1n) is 8.23. The SMILES string of the molecule is COc1ccc(-c2noc(C(=O)NCCc3ccc(O)cc3)n2)cc1OC. The van der Waals surface area contributed by atoms with Crippen LogP contribution in [0.2, 0.25) is 0 Å². The van der Waals surface area contributed by atoms with Crippen LogP contribution in [0.4, 0.5) is 0 Å². The smallest absolute Gasteiger partial charge is 0.316 e. The highest BCUT2D eigenvalue weighted by molar-refractivity contribution is 5.89. The number of rotatable bonds is 7. The maximum absolute atomic E-state index is 12.2. The Balaban J connectivity index is 1.62. The van der Waals surface area contributed by atoms with Crippen LogP contribution in [-0.4, -0.2) is 41.9 Å². The summed E-state index contributed by atoms with van der Waals surface area (Å²) in [5.41, 5.74) is 1.63. The number of phenolic OH excluding ortho intramolecular Hbond substituents is 1. The molecule has 0 aliphatic heterocycles. The lowest BCUT2D eigenvalue weighted by Crippen LogP contribution is -2.25. The summed E-state index contributed by atoms with van der Waals surface area (Å²) in [5, 5.41) is 15.8. The first-order valence-corrected chi connectivity index (χ1v) is 8.23. The van der Waals surface area contributed by atoms with Gasteiger partial charge < -0.3 is 24.4 Å². The number of carbonyl (C=O) groups excluding carboxylic acids is 1. The average molecular weight is 369 g/mol. The second kappa shape index (κ2) is 8.22. The molecular weight excluding hydrogens is 350 g/mol. The summed E-state index contributed by atoms with van der Waals surface area (Å²) in [7, 11) is 3.08. The third-order valence-electron chi connectivity index (χ3n) is 3.90. The third-order valence-corrected chi connectivity index (χ3v) is 3.90. The van der Waals surface area contributed by atoms with Crippen LogP contribution in [0.5, 0.6) is 17.2 Å². The zero-order valence-corrected chi connectivity index (χ0v) is 14.9. The van der Waals surface area contributed by atoms with Crippen LogP contribution >= 0.6 is 0 Å². The van der Waals surface area contributed by atoms with E-state index in [1.165, 1.54) is 7.11 Å². The van der Waals surface area contributed by atoms with E-state index in [-0.39, 0.29) is 17.5 Å². The van der Waals surface area contributed by atoms with E-state index in [9.17, 15) is 9.90 Å². The zero-order valence-electron chi connectivity index (χ0n) is 14.9. The van der Waals surface area contributed by atoms with E-state index in [1.54, 1.807) is 49.6 Å². The number of carbonyl (C=O) groups is 1. The molecule has 1 amide bonds. The van der Waals surface area contributed by atoms with Gasteiger partial charge in [-0.2, -0.15) is 4.98 Å². The van der Waals surface area contributed by atoms with Crippen molar-refractivity contribution in [3.8, 4) is 28.6 Å². The van der Waals surface area contributed by atoms with Gasteiger partial charge in [-0.05, 0) is 42.3 Å². The van der Waals surface area contributed by atoms with E-state index in [0.717, 1.165) is 5.56 Å². The maximum Gasteiger partial charge on any atom is 0.316 e. The second-order valence-electron chi connectivity index (χ2n) is 5.67. The summed E-state index contributed by atoms with van der Waals surface area (Å²) >= 11 is 0. The molecule has 27 heavy (non-hydrogen) atoms. The molecule has 0 atom stereocenters. The molecule has 2 aromatic carbocycles. The minimum absolute atomic E-state index is 0.120. The highest BCUT2D eigenvalue weighted by atomic mass is 16.5. The minimum atomic E-state index is -0.451. The van der Waals surface area contributed by atoms with Gasteiger partial charge in [0, 0.05) is 12.1 Å². The normalized spacial score (nSPS) is 10.4. The molecule has 0 saturated carbocycles. The van der Waals surface area contributed by atoms with Crippen molar-refractivity contribution in [2.75, 3.05) is 20.8 Å². The number of phenols is 1. The molecule has 8 heteroatoms. The van der Waals surface area contributed by atoms with Gasteiger partial charge in [0.25, 0.3) is 0 Å². The Hall–Kier alpha value is -3.55. The Labute approximate surface area is 155 Å². The number of amides is 1. The van der Waals surface area contributed by atoms with Crippen LogP contribution in [0, 0.1) is 0 Å². The van der Waals surface area contributed by atoms with Crippen LogP contribution in [-0.2, 0) is 6.42 Å². The van der Waals surface area contributed by atoms with Gasteiger partial charge in [0.05, 0.1) is 14.2 Å². The number of aromatic hydroxyl groups is 1. The summed E-state index contributed by atoms with van der Waals surface area (Å²) < 4.78 is 15.5. The number of nitrogens with one attached hydrogen (secondary N) is 1. The zero-order chi connectivity index (χ0) is 19.2. The van der Waals surface area contributed by atoms with Gasteiger partial charge in [-0.1, -0.05) is 17.3 Å². The fourth-order valence-corrected chi connectivity index (χ4v) is 2.47. The fourth-order valence-electron chi connectivity index (χ4n) is 2.47. The number of hydrogen-bond acceptors (Lipinski definition) is 7. The number of benzene rings is 2. The Morgan fingerprint density at radius 3 is 2.56 bits per heavy atom. The number of ether oxygens (including phenoxy) is 2. The van der Waals surface area contributed by atoms with Crippen molar-refractivity contribution in [1.82, 2.24) is 15.5 Å². The summed E-state index contributed by atoms with van der Waals surface area (Å²) in [6, 6.07) is 12.0. The first kappa shape index (κ1) is 18.2. The maximum atomic E-state index is 12.2. The Kier molecular flexibility index (Phi) is 5.55. The quantitative estimate of drug-likeness (QED) is 0.659. The number of methoxy groups -OCH3 is 2. The summed E-state index contributed by atoms with van der Waals surface area (Å²) in [6.07, 6.45) is 0.614.